The first kappa shape index (κ1) is 19.0. The summed E-state index contributed by atoms with van der Waals surface area (Å²) in [4.78, 5) is 21.7. The predicted octanol–water partition coefficient (Wildman–Crippen LogP) is 3.04. The van der Waals surface area contributed by atoms with Crippen molar-refractivity contribution in [1.29, 1.82) is 0 Å². The molecule has 0 aliphatic carbocycles. The number of hydrogen-bond acceptors (Lipinski definition) is 4. The smallest absolute Gasteiger partial charge is 0.424 e. The van der Waals surface area contributed by atoms with Crippen LogP contribution in [0.3, 0.4) is 0 Å². The second kappa shape index (κ2) is 6.61. The number of carbonyl (C=O) groups is 2. The highest BCUT2D eigenvalue weighted by atomic mass is 35.5. The van der Waals surface area contributed by atoms with Crippen LogP contribution in [-0.2, 0) is 14.3 Å². The molecule has 22 heavy (non-hydrogen) atoms. The van der Waals surface area contributed by atoms with Crippen LogP contribution in [0.2, 0.25) is 0 Å². The third kappa shape index (κ3) is 4.03. The number of esters is 1. The first-order chi connectivity index (χ1) is 9.91. The second-order valence-corrected chi connectivity index (χ2v) is 5.17. The molecule has 0 bridgehead atoms. The predicted molar refractivity (Wildman–Crippen MR) is 61.8 cm³/mol. The Morgan fingerprint density at radius 3 is 2.09 bits per heavy atom. The van der Waals surface area contributed by atoms with Crippen molar-refractivity contribution in [2.75, 3.05) is 0 Å². The van der Waals surface area contributed by atoms with E-state index in [0.717, 1.165) is 0 Å². The van der Waals surface area contributed by atoms with Gasteiger partial charge in [0.15, 0.2) is 0 Å². The number of halogens is 7. The minimum Gasteiger partial charge on any atom is -0.424 e. The van der Waals surface area contributed by atoms with Crippen molar-refractivity contribution in [1.82, 2.24) is 5.32 Å². The molecule has 11 heteroatoms. The van der Waals surface area contributed by atoms with Crippen molar-refractivity contribution in [3.63, 3.8) is 0 Å². The molecule has 1 N–H and O–H groups in total. The average molecular weight is 356 g/mol. The van der Waals surface area contributed by atoms with Gasteiger partial charge in [0.1, 0.15) is 6.04 Å². The standard InChI is InChI=1S/C11H12ClF6NO3/c12-7(20)5-3-1-2-4-6-8(21)22-9(19-6,10(13,14)15)11(16,17)18/h6,19H,1-5H2/t6-/m1/s1. The summed E-state index contributed by atoms with van der Waals surface area (Å²) in [6.07, 6.45) is -11.1. The van der Waals surface area contributed by atoms with Crippen molar-refractivity contribution in [2.24, 2.45) is 0 Å². The summed E-state index contributed by atoms with van der Waals surface area (Å²) in [7, 11) is 0. The van der Waals surface area contributed by atoms with Crippen molar-refractivity contribution in [3.05, 3.63) is 0 Å². The highest BCUT2D eigenvalue weighted by molar-refractivity contribution is 6.63. The Labute approximate surface area is 126 Å². The number of rotatable bonds is 6. The van der Waals surface area contributed by atoms with E-state index >= 15 is 0 Å². The molecule has 1 saturated heterocycles. The Hall–Kier alpha value is -1.03. The molecule has 0 unspecified atom stereocenters. The van der Waals surface area contributed by atoms with Crippen LogP contribution in [0.1, 0.15) is 32.1 Å². The van der Waals surface area contributed by atoms with E-state index in [1.165, 1.54) is 5.32 Å². The quantitative estimate of drug-likeness (QED) is 0.344. The van der Waals surface area contributed by atoms with Crippen LogP contribution in [0.15, 0.2) is 0 Å². The van der Waals surface area contributed by atoms with E-state index < -0.39 is 35.3 Å². The van der Waals surface area contributed by atoms with Gasteiger partial charge in [0, 0.05) is 6.42 Å². The zero-order valence-electron chi connectivity index (χ0n) is 11.0. The third-order valence-electron chi connectivity index (χ3n) is 3.08. The summed E-state index contributed by atoms with van der Waals surface area (Å²) < 4.78 is 79.7. The zero-order valence-corrected chi connectivity index (χ0v) is 11.7. The lowest BCUT2D eigenvalue weighted by Gasteiger charge is -2.31. The topological polar surface area (TPSA) is 55.4 Å². The molecular weight excluding hydrogens is 344 g/mol. The molecule has 0 amide bonds. The largest absolute Gasteiger partial charge is 0.452 e. The molecule has 0 aromatic carbocycles. The van der Waals surface area contributed by atoms with E-state index in [0.29, 0.717) is 12.8 Å². The van der Waals surface area contributed by atoms with Gasteiger partial charge in [0.05, 0.1) is 0 Å². The minimum absolute atomic E-state index is 0.0408. The van der Waals surface area contributed by atoms with Crippen LogP contribution >= 0.6 is 11.6 Å². The van der Waals surface area contributed by atoms with Crippen molar-refractivity contribution < 1.29 is 40.7 Å². The molecule has 1 aliphatic heterocycles. The number of nitrogens with one attached hydrogen (secondary N) is 1. The Morgan fingerprint density at radius 1 is 1.14 bits per heavy atom. The van der Waals surface area contributed by atoms with Gasteiger partial charge in [-0.25, -0.2) is 0 Å². The Bertz CT molecular complexity index is 423. The van der Waals surface area contributed by atoms with Gasteiger partial charge in [-0.15, -0.1) is 0 Å². The first-order valence-corrected chi connectivity index (χ1v) is 6.61. The van der Waals surface area contributed by atoms with E-state index in [4.69, 9.17) is 11.6 Å². The van der Waals surface area contributed by atoms with Gasteiger partial charge in [-0.2, -0.15) is 26.3 Å². The van der Waals surface area contributed by atoms with Crippen LogP contribution in [-0.4, -0.2) is 35.3 Å². The summed E-state index contributed by atoms with van der Waals surface area (Å²) in [5.74, 6) is -1.61. The fourth-order valence-corrected chi connectivity index (χ4v) is 2.11. The summed E-state index contributed by atoms with van der Waals surface area (Å²) in [6.45, 7) is 0. The van der Waals surface area contributed by atoms with Gasteiger partial charge < -0.3 is 4.74 Å². The molecule has 1 fully saturated rings. The molecule has 0 aromatic heterocycles. The average Bonchev–Trinajstić information content (AvgIpc) is 2.66. The van der Waals surface area contributed by atoms with E-state index in [1.807, 2.05) is 0 Å². The van der Waals surface area contributed by atoms with Gasteiger partial charge in [0.25, 0.3) is 0 Å². The highest BCUT2D eigenvalue weighted by Gasteiger charge is 2.78. The molecule has 1 rings (SSSR count). The molecule has 4 nitrogen and oxygen atoms in total. The minimum atomic E-state index is -5.83. The SMILES string of the molecule is O=C(Cl)CCCCC[C@H]1NC(C(F)(F)F)(C(F)(F)F)OC1=O. The van der Waals surface area contributed by atoms with Crippen LogP contribution in [0, 0.1) is 0 Å². The van der Waals surface area contributed by atoms with Crippen LogP contribution in [0.25, 0.3) is 0 Å². The Kier molecular flexibility index (Phi) is 5.71. The van der Waals surface area contributed by atoms with Gasteiger partial charge in [0.2, 0.25) is 5.24 Å². The van der Waals surface area contributed by atoms with Crippen molar-refractivity contribution >= 4 is 22.8 Å². The van der Waals surface area contributed by atoms with Crippen LogP contribution < -0.4 is 5.32 Å². The lowest BCUT2D eigenvalue weighted by Crippen LogP contribution is -2.65. The van der Waals surface area contributed by atoms with Crippen molar-refractivity contribution in [3.8, 4) is 0 Å². The molecule has 128 valence electrons. The molecule has 1 heterocycles. The monoisotopic (exact) mass is 355 g/mol. The van der Waals surface area contributed by atoms with E-state index in [1.54, 1.807) is 0 Å². The molecule has 1 atom stereocenters. The van der Waals surface area contributed by atoms with E-state index in [-0.39, 0.29) is 19.3 Å². The third-order valence-corrected chi connectivity index (χ3v) is 3.27. The molecule has 0 saturated carbocycles. The number of ether oxygens (including phenoxy) is 1. The fourth-order valence-electron chi connectivity index (χ4n) is 1.98. The number of hydrogen-bond donors (Lipinski definition) is 1. The second-order valence-electron chi connectivity index (χ2n) is 4.75. The maximum atomic E-state index is 12.7. The Morgan fingerprint density at radius 2 is 1.68 bits per heavy atom. The van der Waals surface area contributed by atoms with E-state index in [2.05, 4.69) is 4.74 Å². The normalized spacial score (nSPS) is 21.8. The lowest BCUT2D eigenvalue weighted by molar-refractivity contribution is -0.369. The number of cyclic esters (lactones) is 1. The highest BCUT2D eigenvalue weighted by Crippen LogP contribution is 2.47. The summed E-state index contributed by atoms with van der Waals surface area (Å²) in [5.41, 5.74) is -4.67. The lowest BCUT2D eigenvalue weighted by atomic mass is 10.1. The summed E-state index contributed by atoms with van der Waals surface area (Å²) in [6, 6.07) is -1.71. The van der Waals surface area contributed by atoms with Gasteiger partial charge in [-0.1, -0.05) is 12.8 Å². The van der Waals surface area contributed by atoms with Gasteiger partial charge >= 0.3 is 24.0 Å². The number of alkyl halides is 6. The zero-order chi connectivity index (χ0) is 17.2. The maximum absolute atomic E-state index is 12.7. The van der Waals surface area contributed by atoms with Crippen LogP contribution in [0.5, 0.6) is 0 Å². The van der Waals surface area contributed by atoms with Crippen molar-refractivity contribution in [2.45, 2.75) is 56.2 Å². The molecular formula is C11H12ClF6NO3. The van der Waals surface area contributed by atoms with E-state index in [9.17, 15) is 35.9 Å². The summed E-state index contributed by atoms with van der Waals surface area (Å²) in [5, 5.41) is 0.628. The van der Waals surface area contributed by atoms with Gasteiger partial charge in [-0.3, -0.25) is 14.9 Å². The Balaban J connectivity index is 2.66. The van der Waals surface area contributed by atoms with Crippen LogP contribution in [0.4, 0.5) is 26.3 Å². The summed E-state index contributed by atoms with van der Waals surface area (Å²) >= 11 is 5.07. The molecule has 0 radical (unpaired) electrons. The molecule has 0 aromatic rings. The molecule has 1 aliphatic rings. The maximum Gasteiger partial charge on any atom is 0.452 e. The fraction of sp³-hybridized carbons (Fsp3) is 0.818. The number of unbranched alkanes of at least 4 members (excludes halogenated alkanes) is 2. The first-order valence-electron chi connectivity index (χ1n) is 6.23. The molecule has 0 spiro atoms. The van der Waals surface area contributed by atoms with Gasteiger partial charge in [-0.05, 0) is 24.4 Å². The number of carbonyl (C=O) groups excluding carboxylic acids is 2.